The molecule has 0 saturated carbocycles. The molecule has 3 aromatic carbocycles. The van der Waals surface area contributed by atoms with Crippen LogP contribution < -0.4 is 0 Å². The van der Waals surface area contributed by atoms with Gasteiger partial charge in [-0.2, -0.15) is 0 Å². The molecule has 0 unspecified atom stereocenters. The average molecular weight is 451 g/mol. The predicted octanol–water partition coefficient (Wildman–Crippen LogP) is 6.98. The summed E-state index contributed by atoms with van der Waals surface area (Å²) in [5.41, 5.74) is 3.34. The monoisotopic (exact) mass is 450 g/mol. The van der Waals surface area contributed by atoms with E-state index in [2.05, 4.69) is 15.9 Å². The molecule has 140 valence electrons. The highest BCUT2D eigenvalue weighted by atomic mass is 79.9. The van der Waals surface area contributed by atoms with Crippen molar-refractivity contribution in [3.8, 4) is 0 Å². The second-order valence-corrected chi connectivity index (χ2v) is 8.47. The molecule has 28 heavy (non-hydrogen) atoms. The molecule has 0 aromatic heterocycles. The number of aryl methyl sites for hydroxylation is 1. The summed E-state index contributed by atoms with van der Waals surface area (Å²) in [4.78, 5) is 26.3. The van der Waals surface area contributed by atoms with Crippen LogP contribution in [0.15, 0.2) is 87.1 Å². The number of allylic oxidation sites excluding steroid dienone is 1. The van der Waals surface area contributed by atoms with Crippen LogP contribution in [0, 0.1) is 6.92 Å². The molecule has 0 aliphatic rings. The lowest BCUT2D eigenvalue weighted by Crippen LogP contribution is -2.01. The summed E-state index contributed by atoms with van der Waals surface area (Å²) in [6, 6.07) is 22.7. The Morgan fingerprint density at radius 2 is 1.39 bits per heavy atom. The van der Waals surface area contributed by atoms with E-state index in [0.29, 0.717) is 16.0 Å². The van der Waals surface area contributed by atoms with Crippen LogP contribution in [0.4, 0.5) is 0 Å². The van der Waals surface area contributed by atoms with Gasteiger partial charge in [-0.25, -0.2) is 0 Å². The minimum Gasteiger partial charge on any atom is -0.295 e. The fourth-order valence-electron chi connectivity index (χ4n) is 2.58. The average Bonchev–Trinajstić information content (AvgIpc) is 2.69. The zero-order valence-electron chi connectivity index (χ0n) is 15.6. The number of Topliss-reactive ketones (excluding diaryl/α,β-unsaturated/α-hetero) is 2. The molecule has 0 N–H and O–H groups in total. The molecule has 2 nitrogen and oxygen atoms in total. The zero-order chi connectivity index (χ0) is 20.1. The first-order valence-corrected chi connectivity index (χ1v) is 10.4. The number of carbonyl (C=O) groups is 2. The molecule has 4 heteroatoms. The van der Waals surface area contributed by atoms with Crippen molar-refractivity contribution in [3.05, 3.63) is 104 Å². The Hall–Kier alpha value is -2.43. The lowest BCUT2D eigenvalue weighted by molar-refractivity contribution is 0.101. The van der Waals surface area contributed by atoms with Crippen LogP contribution in [0.3, 0.4) is 0 Å². The molecule has 0 atom stereocenters. The van der Waals surface area contributed by atoms with Gasteiger partial charge < -0.3 is 0 Å². The van der Waals surface area contributed by atoms with Crippen LogP contribution in [0.1, 0.15) is 38.8 Å². The molecule has 3 rings (SSSR count). The van der Waals surface area contributed by atoms with Gasteiger partial charge in [0.1, 0.15) is 0 Å². The maximum absolute atomic E-state index is 13.1. The van der Waals surface area contributed by atoms with E-state index in [1.54, 1.807) is 19.1 Å². The summed E-state index contributed by atoms with van der Waals surface area (Å²) in [5.74, 6) is -0.00978. The van der Waals surface area contributed by atoms with Gasteiger partial charge in [0.2, 0.25) is 0 Å². The Kier molecular flexibility index (Phi) is 6.65. The highest BCUT2D eigenvalue weighted by molar-refractivity contribution is 9.10. The largest absolute Gasteiger partial charge is 0.295 e. The van der Waals surface area contributed by atoms with Crippen molar-refractivity contribution in [3.63, 3.8) is 0 Å². The van der Waals surface area contributed by atoms with E-state index >= 15 is 0 Å². The Labute approximate surface area is 177 Å². The van der Waals surface area contributed by atoms with Crippen LogP contribution in [0.25, 0.3) is 6.08 Å². The second kappa shape index (κ2) is 9.18. The number of halogens is 1. The molecule has 0 fully saturated rings. The van der Waals surface area contributed by atoms with Crippen molar-refractivity contribution in [1.29, 1.82) is 0 Å². The van der Waals surface area contributed by atoms with Crippen LogP contribution in [0.2, 0.25) is 0 Å². The van der Waals surface area contributed by atoms with Crippen molar-refractivity contribution < 1.29 is 9.59 Å². The highest BCUT2D eigenvalue weighted by Gasteiger charge is 2.14. The third kappa shape index (κ3) is 5.31. The summed E-state index contributed by atoms with van der Waals surface area (Å²) < 4.78 is 0.931. The van der Waals surface area contributed by atoms with E-state index in [1.165, 1.54) is 17.3 Å². The number of carbonyl (C=O) groups excluding carboxylic acids is 2. The fraction of sp³-hybridized carbons (Fsp3) is 0.0833. The SMILES string of the molecule is CC(=O)c1ccc(/C=C(/Sc2ccc(C)cc2)C(=O)c2ccc(Br)cc2)cc1. The Bertz CT molecular complexity index is 1020. The summed E-state index contributed by atoms with van der Waals surface area (Å²) in [7, 11) is 0. The number of hydrogen-bond donors (Lipinski definition) is 0. The topological polar surface area (TPSA) is 34.1 Å². The zero-order valence-corrected chi connectivity index (χ0v) is 18.0. The van der Waals surface area contributed by atoms with Gasteiger partial charge in [-0.15, -0.1) is 0 Å². The first kappa shape index (κ1) is 20.3. The van der Waals surface area contributed by atoms with Crippen molar-refractivity contribution >= 4 is 45.3 Å². The van der Waals surface area contributed by atoms with Gasteiger partial charge in [0, 0.05) is 20.5 Å². The van der Waals surface area contributed by atoms with Crippen molar-refractivity contribution in [2.45, 2.75) is 18.7 Å². The lowest BCUT2D eigenvalue weighted by Gasteiger charge is -2.08. The smallest absolute Gasteiger partial charge is 0.199 e. The lowest BCUT2D eigenvalue weighted by atomic mass is 10.1. The van der Waals surface area contributed by atoms with Gasteiger partial charge in [-0.05, 0) is 61.9 Å². The maximum atomic E-state index is 13.1. The van der Waals surface area contributed by atoms with Crippen molar-refractivity contribution in [1.82, 2.24) is 0 Å². The van der Waals surface area contributed by atoms with E-state index in [4.69, 9.17) is 0 Å². The molecular formula is C24H19BrO2S. The standard InChI is InChI=1S/C24H19BrO2S/c1-16-3-13-22(14-4-16)28-23(24(27)20-9-11-21(25)12-10-20)15-18-5-7-19(8-6-18)17(2)26/h3-15H,1-2H3/b23-15+. The van der Waals surface area contributed by atoms with E-state index in [0.717, 1.165) is 14.9 Å². The van der Waals surface area contributed by atoms with Crippen molar-refractivity contribution in [2.24, 2.45) is 0 Å². The Morgan fingerprint density at radius 3 is 1.96 bits per heavy atom. The first-order chi connectivity index (χ1) is 13.4. The van der Waals surface area contributed by atoms with Crippen LogP contribution in [-0.2, 0) is 0 Å². The van der Waals surface area contributed by atoms with E-state index in [1.807, 2.05) is 73.7 Å². The van der Waals surface area contributed by atoms with Crippen molar-refractivity contribution in [2.75, 3.05) is 0 Å². The summed E-state index contributed by atoms with van der Waals surface area (Å²) >= 11 is 4.85. The molecule has 0 aliphatic heterocycles. The molecule has 0 heterocycles. The van der Waals surface area contributed by atoms with Gasteiger partial charge >= 0.3 is 0 Å². The summed E-state index contributed by atoms with van der Waals surface area (Å²) in [5, 5.41) is 0. The summed E-state index contributed by atoms with van der Waals surface area (Å²) in [6.07, 6.45) is 1.87. The molecule has 3 aromatic rings. The molecule has 0 amide bonds. The normalized spacial score (nSPS) is 11.3. The number of thioether (sulfide) groups is 1. The van der Waals surface area contributed by atoms with Crippen LogP contribution >= 0.6 is 27.7 Å². The third-order valence-electron chi connectivity index (χ3n) is 4.19. The van der Waals surface area contributed by atoms with Gasteiger partial charge in [-0.1, -0.05) is 69.7 Å². The Balaban J connectivity index is 1.97. The number of ketones is 2. The predicted molar refractivity (Wildman–Crippen MR) is 120 cm³/mol. The Morgan fingerprint density at radius 1 is 0.821 bits per heavy atom. The minimum atomic E-state index is -0.0336. The highest BCUT2D eigenvalue weighted by Crippen LogP contribution is 2.31. The van der Waals surface area contributed by atoms with Gasteiger partial charge in [0.25, 0.3) is 0 Å². The quantitative estimate of drug-likeness (QED) is 0.230. The molecule has 0 bridgehead atoms. The summed E-state index contributed by atoms with van der Waals surface area (Å²) in [6.45, 7) is 3.58. The van der Waals surface area contributed by atoms with Gasteiger partial charge in [-0.3, -0.25) is 9.59 Å². The van der Waals surface area contributed by atoms with E-state index in [-0.39, 0.29) is 11.6 Å². The minimum absolute atomic E-state index is 0.0238. The molecule has 0 saturated heterocycles. The van der Waals surface area contributed by atoms with Crippen LogP contribution in [0.5, 0.6) is 0 Å². The fourth-order valence-corrected chi connectivity index (χ4v) is 3.78. The van der Waals surface area contributed by atoms with Gasteiger partial charge in [0.05, 0.1) is 4.91 Å². The van der Waals surface area contributed by atoms with E-state index in [9.17, 15) is 9.59 Å². The molecular weight excluding hydrogens is 432 g/mol. The molecule has 0 radical (unpaired) electrons. The third-order valence-corrected chi connectivity index (χ3v) is 5.75. The van der Waals surface area contributed by atoms with Crippen LogP contribution in [-0.4, -0.2) is 11.6 Å². The number of benzene rings is 3. The van der Waals surface area contributed by atoms with E-state index < -0.39 is 0 Å². The molecule has 0 spiro atoms. The van der Waals surface area contributed by atoms with Gasteiger partial charge in [0.15, 0.2) is 11.6 Å². The number of rotatable bonds is 6. The molecule has 0 aliphatic carbocycles. The first-order valence-electron chi connectivity index (χ1n) is 8.80. The number of hydrogen-bond acceptors (Lipinski definition) is 3. The second-order valence-electron chi connectivity index (χ2n) is 6.44. The maximum Gasteiger partial charge on any atom is 0.199 e.